The molecule has 1 saturated carbocycles. The third kappa shape index (κ3) is 4.08. The summed E-state index contributed by atoms with van der Waals surface area (Å²) in [4.78, 5) is 33.6. The lowest BCUT2D eigenvalue weighted by molar-refractivity contribution is -0.144. The summed E-state index contributed by atoms with van der Waals surface area (Å²) in [5.74, 6) is -0.919. The van der Waals surface area contributed by atoms with Crippen LogP contribution in [0.25, 0.3) is 22.6 Å². The number of sulfone groups is 1. The molecule has 1 aliphatic rings. The lowest BCUT2D eigenvalue weighted by atomic mass is 10.2. The Kier molecular flexibility index (Phi) is 5.78. The highest BCUT2D eigenvalue weighted by Gasteiger charge is 2.36. The maximum atomic E-state index is 13.6. The van der Waals surface area contributed by atoms with Crippen LogP contribution >= 0.6 is 0 Å². The molecule has 9 nitrogen and oxygen atoms in total. The highest BCUT2D eigenvalue weighted by atomic mass is 32.2. The Morgan fingerprint density at radius 1 is 1.21 bits per heavy atom. The average Bonchev–Trinajstić information content (AvgIpc) is 3.53. The minimum Gasteiger partial charge on any atom is -0.348 e. The summed E-state index contributed by atoms with van der Waals surface area (Å²) in [5, 5.41) is 2.75. The van der Waals surface area contributed by atoms with E-state index in [1.807, 2.05) is 0 Å². The monoisotopic (exact) mass is 497 g/mol. The third-order valence-electron chi connectivity index (χ3n) is 5.67. The van der Waals surface area contributed by atoms with Crippen molar-refractivity contribution in [3.05, 3.63) is 39.9 Å². The number of hydrogen-bond donors (Lipinski definition) is 1. The van der Waals surface area contributed by atoms with Crippen molar-refractivity contribution in [2.75, 3.05) is 5.75 Å². The average molecular weight is 497 g/mol. The minimum atomic E-state index is -4.79. The summed E-state index contributed by atoms with van der Waals surface area (Å²) in [5.41, 5.74) is -2.75. The Hall–Kier alpha value is -3.22. The number of rotatable bonds is 6. The molecule has 0 unspecified atom stereocenters. The number of aromatic nitrogens is 4. The van der Waals surface area contributed by atoms with Gasteiger partial charge in [0.1, 0.15) is 22.6 Å². The fourth-order valence-corrected chi connectivity index (χ4v) is 4.72. The largest absolute Gasteiger partial charge is 0.431 e. The van der Waals surface area contributed by atoms with Crippen LogP contribution in [0.3, 0.4) is 0 Å². The summed E-state index contributed by atoms with van der Waals surface area (Å²) >= 11 is 0. The van der Waals surface area contributed by atoms with E-state index in [-0.39, 0.29) is 51.5 Å². The molecule has 0 saturated heterocycles. The SMILES string of the molecule is CCn1c(C(F)(F)F)cc2nc(-c3nc(C(=O)NC4CC4)ccc3S(=O)(=O)CC)n(C)c2c1=O. The molecule has 1 aliphatic carbocycles. The fraction of sp³-hybridized carbons (Fsp3) is 0.429. The summed E-state index contributed by atoms with van der Waals surface area (Å²) in [6, 6.07) is 3.29. The number of aryl methyl sites for hydroxylation is 1. The van der Waals surface area contributed by atoms with Crippen molar-refractivity contribution in [3.63, 3.8) is 0 Å². The number of carbonyl (C=O) groups excluding carboxylic acids is 1. The number of alkyl halides is 3. The normalized spacial score (nSPS) is 14.5. The Labute approximate surface area is 192 Å². The Balaban J connectivity index is 2.00. The van der Waals surface area contributed by atoms with Crippen LogP contribution in [0.1, 0.15) is 42.9 Å². The number of imidazole rings is 1. The van der Waals surface area contributed by atoms with Crippen LogP contribution in [0.4, 0.5) is 13.2 Å². The van der Waals surface area contributed by atoms with Gasteiger partial charge in [0.05, 0.1) is 16.2 Å². The van der Waals surface area contributed by atoms with Crippen molar-refractivity contribution in [1.29, 1.82) is 0 Å². The Bertz CT molecular complexity index is 1470. The number of hydrogen-bond acceptors (Lipinski definition) is 6. The number of fused-ring (bicyclic) bond motifs is 1. The van der Waals surface area contributed by atoms with E-state index in [9.17, 15) is 31.2 Å². The molecule has 0 radical (unpaired) electrons. The summed E-state index contributed by atoms with van der Waals surface area (Å²) in [6.45, 7) is 2.61. The molecule has 0 atom stereocenters. The molecule has 1 fully saturated rings. The zero-order chi connectivity index (χ0) is 25.0. The van der Waals surface area contributed by atoms with Crippen LogP contribution in [-0.4, -0.2) is 45.2 Å². The third-order valence-corrected chi connectivity index (χ3v) is 7.43. The van der Waals surface area contributed by atoms with Crippen LogP contribution in [0.2, 0.25) is 0 Å². The van der Waals surface area contributed by atoms with Gasteiger partial charge >= 0.3 is 6.18 Å². The first kappa shape index (κ1) is 23.9. The Morgan fingerprint density at radius 2 is 1.88 bits per heavy atom. The van der Waals surface area contributed by atoms with E-state index in [1.165, 1.54) is 37.6 Å². The van der Waals surface area contributed by atoms with Gasteiger partial charge in [-0.2, -0.15) is 13.2 Å². The van der Waals surface area contributed by atoms with Gasteiger partial charge in [0.15, 0.2) is 15.7 Å². The van der Waals surface area contributed by atoms with Gasteiger partial charge < -0.3 is 14.5 Å². The van der Waals surface area contributed by atoms with Gasteiger partial charge in [-0.25, -0.2) is 18.4 Å². The summed E-state index contributed by atoms with van der Waals surface area (Å²) in [6.07, 6.45) is -3.13. The first-order valence-corrected chi connectivity index (χ1v) is 12.3. The highest BCUT2D eigenvalue weighted by molar-refractivity contribution is 7.91. The lowest BCUT2D eigenvalue weighted by Crippen LogP contribution is -2.28. The highest BCUT2D eigenvalue weighted by Crippen LogP contribution is 2.32. The van der Waals surface area contributed by atoms with Crippen molar-refractivity contribution in [2.24, 2.45) is 7.05 Å². The van der Waals surface area contributed by atoms with Gasteiger partial charge in [-0.15, -0.1) is 0 Å². The molecule has 1 amide bonds. The number of halogens is 3. The molecule has 0 bridgehead atoms. The van der Waals surface area contributed by atoms with E-state index >= 15 is 0 Å². The van der Waals surface area contributed by atoms with E-state index < -0.39 is 33.2 Å². The predicted molar refractivity (Wildman–Crippen MR) is 117 cm³/mol. The maximum Gasteiger partial charge on any atom is 0.431 e. The number of carbonyl (C=O) groups is 1. The number of nitrogens with zero attached hydrogens (tertiary/aromatic N) is 4. The van der Waals surface area contributed by atoms with Crippen LogP contribution < -0.4 is 10.9 Å². The second-order valence-corrected chi connectivity index (χ2v) is 10.2. The first-order valence-electron chi connectivity index (χ1n) is 10.6. The molecule has 3 aromatic rings. The van der Waals surface area contributed by atoms with Gasteiger partial charge in [-0.3, -0.25) is 9.59 Å². The topological polar surface area (TPSA) is 116 Å². The van der Waals surface area contributed by atoms with Gasteiger partial charge in [0.25, 0.3) is 11.5 Å². The molecular weight excluding hydrogens is 475 g/mol. The van der Waals surface area contributed by atoms with Crippen molar-refractivity contribution in [2.45, 2.75) is 50.3 Å². The van der Waals surface area contributed by atoms with Crippen molar-refractivity contribution < 1.29 is 26.4 Å². The molecule has 3 heterocycles. The Morgan fingerprint density at radius 3 is 2.44 bits per heavy atom. The van der Waals surface area contributed by atoms with Gasteiger partial charge in [0, 0.05) is 19.6 Å². The molecular formula is C21H22F3N5O4S. The van der Waals surface area contributed by atoms with Crippen LogP contribution in [0, 0.1) is 0 Å². The minimum absolute atomic E-state index is 0.0286. The number of amides is 1. The number of nitrogens with one attached hydrogen (secondary N) is 1. The molecule has 34 heavy (non-hydrogen) atoms. The summed E-state index contributed by atoms with van der Waals surface area (Å²) in [7, 11) is -2.46. The second kappa shape index (κ2) is 8.22. The fourth-order valence-electron chi connectivity index (χ4n) is 3.71. The molecule has 0 aromatic carbocycles. The van der Waals surface area contributed by atoms with Crippen molar-refractivity contribution in [1.82, 2.24) is 24.4 Å². The second-order valence-electron chi connectivity index (χ2n) is 8.00. The molecule has 182 valence electrons. The smallest absolute Gasteiger partial charge is 0.348 e. The van der Waals surface area contributed by atoms with Gasteiger partial charge in [0.2, 0.25) is 0 Å². The van der Waals surface area contributed by atoms with Crippen molar-refractivity contribution >= 4 is 26.8 Å². The zero-order valence-corrected chi connectivity index (χ0v) is 19.4. The first-order chi connectivity index (χ1) is 15.9. The molecule has 4 rings (SSSR count). The van der Waals surface area contributed by atoms with Gasteiger partial charge in [-0.05, 0) is 38.0 Å². The van der Waals surface area contributed by atoms with E-state index in [4.69, 9.17) is 0 Å². The molecule has 0 aliphatic heterocycles. The van der Waals surface area contributed by atoms with Crippen LogP contribution in [0.5, 0.6) is 0 Å². The van der Waals surface area contributed by atoms with Gasteiger partial charge in [-0.1, -0.05) is 6.92 Å². The zero-order valence-electron chi connectivity index (χ0n) is 18.6. The van der Waals surface area contributed by atoms with E-state index in [1.54, 1.807) is 0 Å². The molecule has 3 aromatic heterocycles. The van der Waals surface area contributed by atoms with Crippen LogP contribution in [0.15, 0.2) is 27.9 Å². The quantitative estimate of drug-likeness (QED) is 0.560. The van der Waals surface area contributed by atoms with E-state index in [0.717, 1.165) is 18.9 Å². The van der Waals surface area contributed by atoms with E-state index in [2.05, 4.69) is 15.3 Å². The molecule has 0 spiro atoms. The predicted octanol–water partition coefficient (Wildman–Crippen LogP) is 2.52. The molecule has 1 N–H and O–H groups in total. The lowest BCUT2D eigenvalue weighted by Gasteiger charge is -2.14. The molecule has 13 heteroatoms. The van der Waals surface area contributed by atoms with Crippen molar-refractivity contribution in [3.8, 4) is 11.5 Å². The standard InChI is InChI=1S/C21H22F3N5O4S/c1-4-29-15(21(22,23)24)10-13-17(20(29)31)28(3)18(27-13)16-14(34(32,33)5-2)9-8-12(26-16)19(30)25-11-6-7-11/h8-11H,4-7H2,1-3H3,(H,25,30). The van der Waals surface area contributed by atoms with E-state index in [0.29, 0.717) is 4.57 Å². The number of pyridine rings is 2. The maximum absolute atomic E-state index is 13.6. The van der Waals surface area contributed by atoms with Crippen LogP contribution in [-0.2, 0) is 29.6 Å². The summed E-state index contributed by atoms with van der Waals surface area (Å²) < 4.78 is 68.0.